The van der Waals surface area contributed by atoms with E-state index < -0.39 is 14.3 Å². The predicted molar refractivity (Wildman–Crippen MR) is 187 cm³/mol. The Kier molecular flexibility index (Phi) is 10.1. The molecule has 1 aliphatic rings. The van der Waals surface area contributed by atoms with E-state index in [4.69, 9.17) is 9.16 Å². The van der Waals surface area contributed by atoms with E-state index in [0.717, 1.165) is 23.1 Å². The van der Waals surface area contributed by atoms with Gasteiger partial charge < -0.3 is 19.4 Å². The van der Waals surface area contributed by atoms with E-state index in [9.17, 15) is 15.0 Å². The van der Waals surface area contributed by atoms with Gasteiger partial charge in [0, 0.05) is 24.7 Å². The molecule has 4 aromatic rings. The summed E-state index contributed by atoms with van der Waals surface area (Å²) in [6, 6.07) is 32.3. The average Bonchev–Trinajstić information content (AvgIpc) is 3.38. The number of aromatic carboxylic acids is 1. The number of ether oxygens (including phenoxy) is 1. The van der Waals surface area contributed by atoms with Crippen LogP contribution in [0, 0.1) is 6.92 Å². The zero-order valence-electron chi connectivity index (χ0n) is 27.9. The lowest BCUT2D eigenvalue weighted by atomic mass is 9.98. The van der Waals surface area contributed by atoms with E-state index in [2.05, 4.69) is 86.3 Å². The molecule has 4 aromatic carbocycles. The molecule has 1 aliphatic heterocycles. The highest BCUT2D eigenvalue weighted by atomic mass is 28.4. The number of carbonyl (C=O) groups is 1. The van der Waals surface area contributed by atoms with Crippen molar-refractivity contribution < 1.29 is 24.2 Å². The Morgan fingerprint density at radius 3 is 2.09 bits per heavy atom. The largest absolute Gasteiger partial charge is 0.507 e. The van der Waals surface area contributed by atoms with Gasteiger partial charge in [0.05, 0.1) is 17.8 Å². The van der Waals surface area contributed by atoms with Crippen LogP contribution in [0.3, 0.4) is 0 Å². The van der Waals surface area contributed by atoms with Gasteiger partial charge in [-0.3, -0.25) is 4.90 Å². The Hall–Kier alpha value is -3.91. The van der Waals surface area contributed by atoms with Gasteiger partial charge in [-0.05, 0) is 78.4 Å². The first-order valence-electron chi connectivity index (χ1n) is 16.2. The smallest absolute Gasteiger partial charge is 0.335 e. The van der Waals surface area contributed by atoms with E-state index in [-0.39, 0.29) is 29.0 Å². The SMILES string of the molecule is Cc1cc(O)c(CN2C[C@H](O[Si](c3ccccc3)(c3ccccc3)C(C)(C)C)C[C@H]2Cc2ccccc2C(=O)O)c(OC(C)C)c1. The molecule has 0 bridgehead atoms. The van der Waals surface area contributed by atoms with Crippen molar-refractivity contribution in [3.05, 3.63) is 119 Å². The lowest BCUT2D eigenvalue weighted by Gasteiger charge is -2.44. The van der Waals surface area contributed by atoms with Gasteiger partial charge in [-0.25, -0.2) is 4.79 Å². The summed E-state index contributed by atoms with van der Waals surface area (Å²) in [4.78, 5) is 14.5. The van der Waals surface area contributed by atoms with E-state index in [1.807, 2.05) is 39.0 Å². The van der Waals surface area contributed by atoms with Crippen LogP contribution in [0.25, 0.3) is 0 Å². The Morgan fingerprint density at radius 2 is 1.52 bits per heavy atom. The van der Waals surface area contributed by atoms with Crippen molar-refractivity contribution in [2.24, 2.45) is 0 Å². The molecule has 0 saturated carbocycles. The molecule has 0 spiro atoms. The summed E-state index contributed by atoms with van der Waals surface area (Å²) in [7, 11) is -2.83. The Balaban J connectivity index is 1.57. The summed E-state index contributed by atoms with van der Waals surface area (Å²) in [5.41, 5.74) is 2.78. The third-order valence-corrected chi connectivity index (χ3v) is 14.1. The molecule has 0 unspecified atom stereocenters. The molecule has 242 valence electrons. The Labute approximate surface area is 274 Å². The maximum Gasteiger partial charge on any atom is 0.335 e. The second kappa shape index (κ2) is 13.8. The molecular weight excluding hydrogens is 591 g/mol. The summed E-state index contributed by atoms with van der Waals surface area (Å²) < 4.78 is 13.8. The second-order valence-electron chi connectivity index (χ2n) is 13.8. The molecule has 0 amide bonds. The summed E-state index contributed by atoms with van der Waals surface area (Å²) in [6.07, 6.45) is 1.11. The fraction of sp³-hybridized carbons (Fsp3) is 0.359. The number of carboxylic acid groups (broad SMARTS) is 1. The van der Waals surface area contributed by atoms with Gasteiger partial charge in [-0.1, -0.05) is 99.6 Å². The number of benzene rings is 4. The quantitative estimate of drug-likeness (QED) is 0.173. The summed E-state index contributed by atoms with van der Waals surface area (Å²) >= 11 is 0. The molecule has 0 aliphatic carbocycles. The molecule has 2 atom stereocenters. The van der Waals surface area contributed by atoms with E-state index in [0.29, 0.717) is 30.8 Å². The molecule has 0 radical (unpaired) electrons. The summed E-state index contributed by atoms with van der Waals surface area (Å²) in [5, 5.41) is 23.4. The van der Waals surface area contributed by atoms with Gasteiger partial charge >= 0.3 is 5.97 Å². The first-order valence-corrected chi connectivity index (χ1v) is 18.1. The lowest BCUT2D eigenvalue weighted by molar-refractivity contribution is 0.0695. The van der Waals surface area contributed by atoms with Gasteiger partial charge in [0.25, 0.3) is 8.32 Å². The lowest BCUT2D eigenvalue weighted by Crippen LogP contribution is -2.67. The van der Waals surface area contributed by atoms with Crippen molar-refractivity contribution in [1.29, 1.82) is 0 Å². The molecule has 7 heteroatoms. The molecule has 5 rings (SSSR count). The number of aryl methyl sites for hydroxylation is 1. The Bertz CT molecular complexity index is 1590. The van der Waals surface area contributed by atoms with Crippen LogP contribution in [-0.4, -0.2) is 54.2 Å². The van der Waals surface area contributed by atoms with Gasteiger partial charge in [-0.15, -0.1) is 0 Å². The second-order valence-corrected chi connectivity index (χ2v) is 18.1. The van der Waals surface area contributed by atoms with E-state index >= 15 is 0 Å². The van der Waals surface area contributed by atoms with Crippen LogP contribution in [0.1, 0.15) is 68.1 Å². The number of hydrogen-bond donors (Lipinski definition) is 2. The number of nitrogens with zero attached hydrogens (tertiary/aromatic N) is 1. The first-order chi connectivity index (χ1) is 21.9. The van der Waals surface area contributed by atoms with Crippen LogP contribution in [0.2, 0.25) is 5.04 Å². The number of rotatable bonds is 11. The standard InChI is InChI=1S/C39H47NO5Si/c1-27(2)44-37-22-28(3)21-36(41)35(37)26-40-25-31(24-30(40)23-29-15-13-14-20-34(29)38(42)43)45-46(39(4,5)6,32-16-9-7-10-17-32)33-18-11-8-12-19-33/h7-22,27,30-31,41H,23-26H2,1-6H3,(H,42,43)/t30-,31-/m1/s1. The first kappa shape index (κ1) is 33.5. The number of phenols is 1. The third-order valence-electron chi connectivity index (χ3n) is 9.01. The van der Waals surface area contributed by atoms with Crippen LogP contribution in [0.15, 0.2) is 97.1 Å². The molecular formula is C39H47NO5Si. The predicted octanol–water partition coefficient (Wildman–Crippen LogP) is 6.95. The van der Waals surface area contributed by atoms with Crippen molar-refractivity contribution in [1.82, 2.24) is 4.90 Å². The average molecular weight is 638 g/mol. The normalized spacial score (nSPS) is 17.4. The van der Waals surface area contributed by atoms with Crippen molar-refractivity contribution >= 4 is 24.7 Å². The molecule has 1 heterocycles. The molecule has 1 saturated heterocycles. The number of aromatic hydroxyl groups is 1. The minimum Gasteiger partial charge on any atom is -0.507 e. The fourth-order valence-corrected chi connectivity index (χ4v) is 11.7. The van der Waals surface area contributed by atoms with Crippen LogP contribution in [0.4, 0.5) is 0 Å². The van der Waals surface area contributed by atoms with Crippen molar-refractivity contribution in [2.75, 3.05) is 6.54 Å². The summed E-state index contributed by atoms with van der Waals surface area (Å²) in [5.74, 6) is -0.0470. The van der Waals surface area contributed by atoms with E-state index in [1.165, 1.54) is 10.4 Å². The number of likely N-dealkylation sites (tertiary alicyclic amines) is 1. The summed E-state index contributed by atoms with van der Waals surface area (Å²) in [6.45, 7) is 13.9. The maximum atomic E-state index is 12.2. The van der Waals surface area contributed by atoms with Crippen molar-refractivity contribution in [3.63, 3.8) is 0 Å². The zero-order valence-corrected chi connectivity index (χ0v) is 28.9. The fourth-order valence-electron chi connectivity index (χ4n) is 7.02. The van der Waals surface area contributed by atoms with Gasteiger partial charge in [-0.2, -0.15) is 0 Å². The van der Waals surface area contributed by atoms with E-state index in [1.54, 1.807) is 18.2 Å². The molecule has 1 fully saturated rings. The third kappa shape index (κ3) is 7.07. The highest BCUT2D eigenvalue weighted by molar-refractivity contribution is 6.99. The van der Waals surface area contributed by atoms with Crippen molar-refractivity contribution in [2.45, 2.75) is 84.2 Å². The monoisotopic (exact) mass is 637 g/mol. The molecule has 0 aromatic heterocycles. The van der Waals surface area contributed by atoms with Crippen LogP contribution >= 0.6 is 0 Å². The van der Waals surface area contributed by atoms with Crippen LogP contribution in [0.5, 0.6) is 11.5 Å². The van der Waals surface area contributed by atoms with Crippen LogP contribution in [-0.2, 0) is 17.4 Å². The highest BCUT2D eigenvalue weighted by Gasteiger charge is 2.52. The topological polar surface area (TPSA) is 79.2 Å². The Morgan fingerprint density at radius 1 is 0.935 bits per heavy atom. The minimum atomic E-state index is -2.83. The highest BCUT2D eigenvalue weighted by Crippen LogP contribution is 2.40. The van der Waals surface area contributed by atoms with Gasteiger partial charge in [0.15, 0.2) is 0 Å². The van der Waals surface area contributed by atoms with Gasteiger partial charge in [0.2, 0.25) is 0 Å². The zero-order chi connectivity index (χ0) is 33.1. The number of carboxylic acids is 1. The molecule has 2 N–H and O–H groups in total. The molecule has 46 heavy (non-hydrogen) atoms. The van der Waals surface area contributed by atoms with Crippen LogP contribution < -0.4 is 15.1 Å². The van der Waals surface area contributed by atoms with Gasteiger partial charge in [0.1, 0.15) is 11.5 Å². The number of hydrogen-bond acceptors (Lipinski definition) is 5. The van der Waals surface area contributed by atoms with Crippen molar-refractivity contribution in [3.8, 4) is 11.5 Å². The minimum absolute atomic E-state index is 0.0173. The molecule has 6 nitrogen and oxygen atoms in total. The number of phenolic OH excluding ortho intramolecular Hbond substituents is 1. The maximum absolute atomic E-state index is 12.2.